The van der Waals surface area contributed by atoms with Gasteiger partial charge in [0.05, 0.1) is 17.5 Å². The van der Waals surface area contributed by atoms with Gasteiger partial charge in [0.1, 0.15) is 17.3 Å². The minimum absolute atomic E-state index is 0.198. The van der Waals surface area contributed by atoms with E-state index in [1.807, 2.05) is 30.3 Å². The van der Waals surface area contributed by atoms with Crippen molar-refractivity contribution >= 4 is 23.2 Å². The standard InChI is InChI=1S/C24H27FN6O/c1-16(27-17-11-13-19(32)14-12-17)28-23-22(15-26)30-24(29-21-10-6-5-9-20(21)25)31(23)18-7-3-2-4-8-18/h2-10,15,17,19,27,32H,1,11-14,26H2,(H,29,30)/b22-15+,28-23+. The van der Waals surface area contributed by atoms with Crippen molar-refractivity contribution in [2.45, 2.75) is 37.8 Å². The highest BCUT2D eigenvalue weighted by Crippen LogP contribution is 2.27. The van der Waals surface area contributed by atoms with E-state index < -0.39 is 5.82 Å². The Kier molecular flexibility index (Phi) is 6.51. The maximum absolute atomic E-state index is 14.3. The van der Waals surface area contributed by atoms with Gasteiger partial charge in [0.2, 0.25) is 5.96 Å². The quantitative estimate of drug-likeness (QED) is 0.576. The third kappa shape index (κ3) is 4.81. The SMILES string of the molecule is C=C(/N=C1\C(=C/N)N=C(Nc2ccccc2F)N1c1ccccc1)NC1CCC(O)CC1. The summed E-state index contributed by atoms with van der Waals surface area (Å²) in [7, 11) is 0. The number of nitrogens with one attached hydrogen (secondary N) is 2. The fraction of sp³-hybridized carbons (Fsp3) is 0.250. The van der Waals surface area contributed by atoms with E-state index in [2.05, 4.69) is 22.2 Å². The van der Waals surface area contributed by atoms with Crippen LogP contribution in [0.4, 0.5) is 15.8 Å². The van der Waals surface area contributed by atoms with Crippen LogP contribution in [0.5, 0.6) is 0 Å². The Labute approximate surface area is 186 Å². The first-order chi connectivity index (χ1) is 15.5. The number of hydrogen-bond donors (Lipinski definition) is 4. The maximum Gasteiger partial charge on any atom is 0.214 e. The minimum Gasteiger partial charge on any atom is -0.403 e. The topological polar surface area (TPSA) is 98.3 Å². The lowest BCUT2D eigenvalue weighted by Gasteiger charge is -2.27. The molecule has 0 bridgehead atoms. The molecule has 0 spiro atoms. The van der Waals surface area contributed by atoms with Gasteiger partial charge in [-0.1, -0.05) is 36.9 Å². The molecule has 0 radical (unpaired) electrons. The first-order valence-corrected chi connectivity index (χ1v) is 10.6. The first kappa shape index (κ1) is 21.6. The third-order valence-corrected chi connectivity index (χ3v) is 5.48. The fourth-order valence-electron chi connectivity index (χ4n) is 3.85. The van der Waals surface area contributed by atoms with Gasteiger partial charge in [0.25, 0.3) is 0 Å². The lowest BCUT2D eigenvalue weighted by atomic mass is 9.93. The minimum atomic E-state index is -0.391. The number of hydrogen-bond acceptors (Lipinski definition) is 6. The van der Waals surface area contributed by atoms with Gasteiger partial charge in [0.15, 0.2) is 5.84 Å². The molecule has 0 atom stereocenters. The number of nitrogens with zero attached hydrogens (tertiary/aromatic N) is 3. The van der Waals surface area contributed by atoms with E-state index in [9.17, 15) is 9.50 Å². The summed E-state index contributed by atoms with van der Waals surface area (Å²) in [5.74, 6) is 0.942. The number of amidine groups is 1. The molecular weight excluding hydrogens is 407 g/mol. The third-order valence-electron chi connectivity index (χ3n) is 5.48. The Morgan fingerprint density at radius 1 is 1.12 bits per heavy atom. The summed E-state index contributed by atoms with van der Waals surface area (Å²) >= 11 is 0. The van der Waals surface area contributed by atoms with Crippen molar-refractivity contribution in [2.24, 2.45) is 15.7 Å². The number of guanidine groups is 1. The molecule has 2 aromatic rings. The van der Waals surface area contributed by atoms with E-state index in [0.717, 1.165) is 31.4 Å². The van der Waals surface area contributed by atoms with Gasteiger partial charge in [-0.15, -0.1) is 0 Å². The van der Waals surface area contributed by atoms with Gasteiger partial charge in [-0.05, 0) is 49.9 Å². The smallest absolute Gasteiger partial charge is 0.214 e. The number of aliphatic hydroxyl groups is 1. The lowest BCUT2D eigenvalue weighted by Crippen LogP contribution is -2.38. The molecule has 1 aliphatic carbocycles. The van der Waals surface area contributed by atoms with Crippen LogP contribution in [0.15, 0.2) is 88.9 Å². The van der Waals surface area contributed by atoms with Crippen molar-refractivity contribution in [2.75, 3.05) is 10.2 Å². The second kappa shape index (κ2) is 9.65. The molecule has 166 valence electrons. The van der Waals surface area contributed by atoms with Crippen LogP contribution >= 0.6 is 0 Å². The Bertz CT molecular complexity index is 1060. The molecule has 32 heavy (non-hydrogen) atoms. The summed E-state index contributed by atoms with van der Waals surface area (Å²) < 4.78 is 14.3. The number of rotatable bonds is 5. The number of anilines is 2. The molecular formula is C24H27FN6O. The van der Waals surface area contributed by atoms with E-state index in [1.54, 1.807) is 23.1 Å². The number of halogens is 1. The molecule has 1 fully saturated rings. The average Bonchev–Trinajstić information content (AvgIpc) is 3.14. The van der Waals surface area contributed by atoms with Gasteiger partial charge in [-0.25, -0.2) is 14.4 Å². The van der Waals surface area contributed by atoms with Crippen molar-refractivity contribution in [3.8, 4) is 0 Å². The second-order valence-electron chi connectivity index (χ2n) is 7.80. The Balaban J connectivity index is 1.63. The first-order valence-electron chi connectivity index (χ1n) is 10.6. The zero-order chi connectivity index (χ0) is 22.5. The number of benzene rings is 2. The van der Waals surface area contributed by atoms with Crippen LogP contribution in [0.2, 0.25) is 0 Å². The summed E-state index contributed by atoms with van der Waals surface area (Å²) in [5.41, 5.74) is 7.39. The Morgan fingerprint density at radius 2 is 1.81 bits per heavy atom. The number of para-hydroxylation sites is 2. The lowest BCUT2D eigenvalue weighted by molar-refractivity contribution is 0.118. The Morgan fingerprint density at radius 3 is 2.50 bits per heavy atom. The van der Waals surface area contributed by atoms with Crippen molar-refractivity contribution < 1.29 is 9.50 Å². The second-order valence-corrected chi connectivity index (χ2v) is 7.80. The predicted octanol–water partition coefficient (Wildman–Crippen LogP) is 3.68. The number of aliphatic imine (C=N–C) groups is 2. The fourth-order valence-corrected chi connectivity index (χ4v) is 3.85. The zero-order valence-electron chi connectivity index (χ0n) is 17.7. The normalized spacial score (nSPS) is 23.3. The summed E-state index contributed by atoms with van der Waals surface area (Å²) in [6.07, 6.45) is 4.35. The van der Waals surface area contributed by atoms with E-state index in [1.165, 1.54) is 12.3 Å². The van der Waals surface area contributed by atoms with Gasteiger partial charge in [-0.3, -0.25) is 4.90 Å². The summed E-state index contributed by atoms with van der Waals surface area (Å²) in [4.78, 5) is 11.0. The van der Waals surface area contributed by atoms with Crippen LogP contribution in [0.25, 0.3) is 0 Å². The molecule has 1 heterocycles. The highest BCUT2D eigenvalue weighted by molar-refractivity contribution is 6.32. The summed E-state index contributed by atoms with van der Waals surface area (Å²) in [6, 6.07) is 16.1. The monoisotopic (exact) mass is 434 g/mol. The molecule has 2 aliphatic rings. The van der Waals surface area contributed by atoms with Gasteiger partial charge >= 0.3 is 0 Å². The van der Waals surface area contributed by atoms with E-state index >= 15 is 0 Å². The van der Waals surface area contributed by atoms with E-state index in [4.69, 9.17) is 10.7 Å². The Hall–Kier alpha value is -3.65. The van der Waals surface area contributed by atoms with Crippen LogP contribution in [-0.4, -0.2) is 29.0 Å². The molecule has 0 saturated heterocycles. The molecule has 2 aromatic carbocycles. The van der Waals surface area contributed by atoms with Crippen LogP contribution < -0.4 is 21.3 Å². The summed E-state index contributed by atoms with van der Waals surface area (Å²) in [6.45, 7) is 4.06. The molecule has 5 N–H and O–H groups in total. The average molecular weight is 435 g/mol. The van der Waals surface area contributed by atoms with Crippen LogP contribution in [0, 0.1) is 5.82 Å². The summed E-state index contributed by atoms with van der Waals surface area (Å²) in [5, 5.41) is 16.1. The zero-order valence-corrected chi connectivity index (χ0v) is 17.7. The molecule has 4 rings (SSSR count). The predicted molar refractivity (Wildman–Crippen MR) is 127 cm³/mol. The largest absolute Gasteiger partial charge is 0.403 e. The van der Waals surface area contributed by atoms with Crippen molar-refractivity contribution in [3.05, 3.63) is 84.7 Å². The van der Waals surface area contributed by atoms with Crippen molar-refractivity contribution in [1.82, 2.24) is 5.32 Å². The van der Waals surface area contributed by atoms with E-state index in [-0.39, 0.29) is 12.1 Å². The maximum atomic E-state index is 14.3. The van der Waals surface area contributed by atoms with Gasteiger partial charge in [-0.2, -0.15) is 0 Å². The van der Waals surface area contributed by atoms with Gasteiger partial charge in [0, 0.05) is 12.2 Å². The van der Waals surface area contributed by atoms with Crippen LogP contribution in [0.1, 0.15) is 25.7 Å². The molecule has 8 heteroatoms. The van der Waals surface area contributed by atoms with Crippen molar-refractivity contribution in [3.63, 3.8) is 0 Å². The molecule has 1 aliphatic heterocycles. The number of nitrogens with two attached hydrogens (primary N) is 1. The highest BCUT2D eigenvalue weighted by Gasteiger charge is 2.31. The number of aliphatic hydroxyl groups excluding tert-OH is 1. The van der Waals surface area contributed by atoms with Crippen LogP contribution in [0.3, 0.4) is 0 Å². The van der Waals surface area contributed by atoms with E-state index in [0.29, 0.717) is 29.0 Å². The van der Waals surface area contributed by atoms with Gasteiger partial charge < -0.3 is 21.5 Å². The molecule has 7 nitrogen and oxygen atoms in total. The molecule has 0 aromatic heterocycles. The van der Waals surface area contributed by atoms with Crippen molar-refractivity contribution in [1.29, 1.82) is 0 Å². The van der Waals surface area contributed by atoms with Crippen LogP contribution in [-0.2, 0) is 0 Å². The highest BCUT2D eigenvalue weighted by atomic mass is 19.1. The molecule has 0 amide bonds. The molecule has 1 saturated carbocycles. The molecule has 0 unspecified atom stereocenters.